The number of carbonyl (C=O) groups excluding carboxylic acids is 2. The first kappa shape index (κ1) is 23.1. The zero-order chi connectivity index (χ0) is 23.2. The minimum atomic E-state index is -0.309. The summed E-state index contributed by atoms with van der Waals surface area (Å²) in [6.45, 7) is 0.623. The van der Waals surface area contributed by atoms with Gasteiger partial charge in [0.2, 0.25) is 0 Å². The van der Waals surface area contributed by atoms with E-state index in [4.69, 9.17) is 9.47 Å². The molecule has 2 aliphatic carbocycles. The van der Waals surface area contributed by atoms with Crippen LogP contribution >= 0.6 is 11.8 Å². The monoisotopic (exact) mass is 464 g/mol. The molecule has 1 heterocycles. The molecule has 1 N–H and O–H groups in total. The van der Waals surface area contributed by atoms with Crippen molar-refractivity contribution < 1.29 is 19.1 Å². The maximum absolute atomic E-state index is 12.7. The Morgan fingerprint density at radius 2 is 2.09 bits per heavy atom. The molecule has 0 bridgehead atoms. The minimum absolute atomic E-state index is 0.0990. The van der Waals surface area contributed by atoms with E-state index in [1.807, 2.05) is 24.3 Å². The molecule has 0 saturated carbocycles. The third kappa shape index (κ3) is 5.66. The lowest BCUT2D eigenvalue weighted by molar-refractivity contribution is -0.117. The van der Waals surface area contributed by atoms with E-state index in [1.165, 1.54) is 30.2 Å². The normalized spacial score (nSPS) is 21.0. The number of aliphatic imine (C=N–C) groups is 1. The van der Waals surface area contributed by atoms with Gasteiger partial charge in [0.25, 0.3) is 11.8 Å². The number of nitrogens with zero attached hydrogens (tertiary/aromatic N) is 1. The number of benzene rings is 1. The van der Waals surface area contributed by atoms with Gasteiger partial charge < -0.3 is 14.8 Å². The lowest BCUT2D eigenvalue weighted by Crippen LogP contribution is -2.30. The Morgan fingerprint density at radius 3 is 2.85 bits per heavy atom. The molecule has 1 aromatic rings. The second kappa shape index (κ2) is 10.7. The SMILES string of the molecule is COc1ccc(/C=C2/SC3C=CC(C(=O)NCCC4=CCCCC4)=CC3=NC2=O)cc1OC. The molecule has 33 heavy (non-hydrogen) atoms. The van der Waals surface area contributed by atoms with Crippen molar-refractivity contribution in [3.8, 4) is 11.5 Å². The average Bonchev–Trinajstić information content (AvgIpc) is 2.84. The van der Waals surface area contributed by atoms with Gasteiger partial charge in [0.15, 0.2) is 11.5 Å². The van der Waals surface area contributed by atoms with E-state index in [9.17, 15) is 9.59 Å². The summed E-state index contributed by atoms with van der Waals surface area (Å²) >= 11 is 1.43. The Hall–Kier alpha value is -3.06. The topological polar surface area (TPSA) is 77.0 Å². The predicted molar refractivity (Wildman–Crippen MR) is 133 cm³/mol. The van der Waals surface area contributed by atoms with Gasteiger partial charge in [-0.2, -0.15) is 0 Å². The number of allylic oxidation sites excluding steroid dienone is 2. The van der Waals surface area contributed by atoms with Gasteiger partial charge in [0, 0.05) is 12.1 Å². The van der Waals surface area contributed by atoms with Gasteiger partial charge in [-0.25, -0.2) is 4.99 Å². The van der Waals surface area contributed by atoms with E-state index in [0.717, 1.165) is 24.8 Å². The van der Waals surface area contributed by atoms with Crippen molar-refractivity contribution in [2.45, 2.75) is 37.4 Å². The van der Waals surface area contributed by atoms with Crippen LogP contribution in [-0.2, 0) is 9.59 Å². The zero-order valence-corrected chi connectivity index (χ0v) is 19.7. The highest BCUT2D eigenvalue weighted by Gasteiger charge is 2.28. The van der Waals surface area contributed by atoms with Crippen LogP contribution in [0.25, 0.3) is 6.08 Å². The second-order valence-corrected chi connectivity index (χ2v) is 9.26. The van der Waals surface area contributed by atoms with Gasteiger partial charge in [-0.1, -0.05) is 29.9 Å². The lowest BCUT2D eigenvalue weighted by atomic mass is 9.97. The van der Waals surface area contributed by atoms with Gasteiger partial charge in [-0.3, -0.25) is 9.59 Å². The van der Waals surface area contributed by atoms with Crippen LogP contribution in [-0.4, -0.2) is 43.5 Å². The first-order valence-corrected chi connectivity index (χ1v) is 12.0. The number of rotatable bonds is 7. The molecule has 1 aromatic carbocycles. The number of ether oxygens (including phenoxy) is 2. The van der Waals surface area contributed by atoms with Crippen molar-refractivity contribution >= 4 is 35.4 Å². The van der Waals surface area contributed by atoms with Gasteiger partial charge in [-0.15, -0.1) is 11.8 Å². The van der Waals surface area contributed by atoms with Crippen LogP contribution in [0.5, 0.6) is 11.5 Å². The van der Waals surface area contributed by atoms with E-state index >= 15 is 0 Å². The zero-order valence-electron chi connectivity index (χ0n) is 18.9. The molecule has 0 radical (unpaired) electrons. The average molecular weight is 465 g/mol. The Kier molecular flexibility index (Phi) is 7.50. The van der Waals surface area contributed by atoms with E-state index < -0.39 is 0 Å². The Bertz CT molecular complexity index is 1100. The number of carbonyl (C=O) groups is 2. The third-order valence-electron chi connectivity index (χ3n) is 5.83. The molecule has 1 aliphatic heterocycles. The summed E-state index contributed by atoms with van der Waals surface area (Å²) in [7, 11) is 3.16. The highest BCUT2D eigenvalue weighted by molar-refractivity contribution is 8.05. The summed E-state index contributed by atoms with van der Waals surface area (Å²) in [6.07, 6.45) is 15.2. The Balaban J connectivity index is 1.42. The van der Waals surface area contributed by atoms with Crippen molar-refractivity contribution in [3.05, 3.63) is 64.1 Å². The standard InChI is InChI=1S/C26H28N2O4S/c1-31-21-10-8-18(14-22(21)32-2)15-24-26(30)28-20-16-19(9-11-23(20)33-24)25(29)27-13-12-17-6-4-3-5-7-17/h6,8-11,14-16,23H,3-5,7,12-13H2,1-2H3,(H,27,29)/b24-15+. The van der Waals surface area contributed by atoms with E-state index in [2.05, 4.69) is 16.4 Å². The van der Waals surface area contributed by atoms with Crippen LogP contribution in [0.1, 0.15) is 37.7 Å². The predicted octanol–water partition coefficient (Wildman–Crippen LogP) is 4.63. The Labute approximate surface area is 198 Å². The van der Waals surface area contributed by atoms with Crippen molar-refractivity contribution in [2.24, 2.45) is 4.99 Å². The van der Waals surface area contributed by atoms with Gasteiger partial charge >= 0.3 is 0 Å². The van der Waals surface area contributed by atoms with Crippen LogP contribution in [0.3, 0.4) is 0 Å². The lowest BCUT2D eigenvalue weighted by Gasteiger charge is -2.22. The number of hydrogen-bond acceptors (Lipinski definition) is 5. The minimum Gasteiger partial charge on any atom is -0.493 e. The summed E-state index contributed by atoms with van der Waals surface area (Å²) < 4.78 is 10.6. The van der Waals surface area contributed by atoms with Crippen LogP contribution < -0.4 is 14.8 Å². The maximum Gasteiger partial charge on any atom is 0.283 e. The van der Waals surface area contributed by atoms with Crippen molar-refractivity contribution in [1.29, 1.82) is 0 Å². The molecule has 0 spiro atoms. The van der Waals surface area contributed by atoms with Gasteiger partial charge in [0.1, 0.15) is 0 Å². The fourth-order valence-electron chi connectivity index (χ4n) is 4.04. The first-order chi connectivity index (χ1) is 16.1. The van der Waals surface area contributed by atoms with E-state index in [-0.39, 0.29) is 17.1 Å². The summed E-state index contributed by atoms with van der Waals surface area (Å²) in [5.74, 6) is 0.786. The third-order valence-corrected chi connectivity index (χ3v) is 7.02. The molecule has 1 unspecified atom stereocenters. The molecule has 3 aliphatic rings. The van der Waals surface area contributed by atoms with Crippen molar-refractivity contribution in [1.82, 2.24) is 5.32 Å². The summed E-state index contributed by atoms with van der Waals surface area (Å²) in [5.41, 5.74) is 3.40. The fourth-order valence-corrected chi connectivity index (χ4v) is 5.06. The molecular weight excluding hydrogens is 436 g/mol. The quantitative estimate of drug-likeness (QED) is 0.470. The molecule has 0 aromatic heterocycles. The highest BCUT2D eigenvalue weighted by atomic mass is 32.2. The van der Waals surface area contributed by atoms with Crippen LogP contribution in [0, 0.1) is 0 Å². The van der Waals surface area contributed by atoms with Crippen LogP contribution in [0.2, 0.25) is 0 Å². The summed E-state index contributed by atoms with van der Waals surface area (Å²) in [5, 5.41) is 2.89. The molecule has 1 atom stereocenters. The van der Waals surface area contributed by atoms with Crippen molar-refractivity contribution in [2.75, 3.05) is 20.8 Å². The maximum atomic E-state index is 12.7. The van der Waals surface area contributed by atoms with Gasteiger partial charge in [-0.05, 0) is 62.0 Å². The van der Waals surface area contributed by atoms with E-state index in [0.29, 0.717) is 34.2 Å². The first-order valence-electron chi connectivity index (χ1n) is 11.2. The second-order valence-electron chi connectivity index (χ2n) is 8.08. The molecular formula is C26H28N2O4S. The molecule has 0 saturated heterocycles. The largest absolute Gasteiger partial charge is 0.493 e. The number of thioether (sulfide) groups is 1. The molecule has 4 rings (SSSR count). The molecule has 2 amide bonds. The van der Waals surface area contributed by atoms with E-state index in [1.54, 1.807) is 32.4 Å². The summed E-state index contributed by atoms with van der Waals surface area (Å²) in [6, 6.07) is 5.49. The Morgan fingerprint density at radius 1 is 1.24 bits per heavy atom. The highest BCUT2D eigenvalue weighted by Crippen LogP contribution is 2.35. The number of nitrogens with one attached hydrogen (secondary N) is 1. The van der Waals surface area contributed by atoms with Gasteiger partial charge in [0.05, 0.1) is 30.1 Å². The number of hydrogen-bond donors (Lipinski definition) is 1. The summed E-state index contributed by atoms with van der Waals surface area (Å²) in [4.78, 5) is 30.1. The number of amides is 2. The molecule has 172 valence electrons. The number of methoxy groups -OCH3 is 2. The fraction of sp³-hybridized carbons (Fsp3) is 0.346. The molecule has 7 heteroatoms. The van der Waals surface area contributed by atoms with Crippen LogP contribution in [0.15, 0.2) is 63.5 Å². The van der Waals surface area contributed by atoms with Crippen LogP contribution in [0.4, 0.5) is 0 Å². The molecule has 6 nitrogen and oxygen atoms in total. The van der Waals surface area contributed by atoms with Crippen molar-refractivity contribution in [3.63, 3.8) is 0 Å². The smallest absolute Gasteiger partial charge is 0.283 e. The number of fused-ring (bicyclic) bond motifs is 1. The molecule has 0 fully saturated rings.